The molecule has 11 heteroatoms. The van der Waals surface area contributed by atoms with Gasteiger partial charge in [0, 0.05) is 18.4 Å². The predicted octanol–water partition coefficient (Wildman–Crippen LogP) is 3.10. The predicted molar refractivity (Wildman–Crippen MR) is 141 cm³/mol. The van der Waals surface area contributed by atoms with Crippen LogP contribution in [-0.2, 0) is 20.9 Å². The molecule has 0 spiro atoms. The number of amides is 3. The molecule has 3 amide bonds. The smallest absolute Gasteiger partial charge is 0.251 e. The van der Waals surface area contributed by atoms with Crippen molar-refractivity contribution in [3.63, 3.8) is 0 Å². The van der Waals surface area contributed by atoms with Crippen molar-refractivity contribution in [2.24, 2.45) is 0 Å². The van der Waals surface area contributed by atoms with E-state index in [9.17, 15) is 18.8 Å². The first kappa shape index (κ1) is 26.9. The molecule has 0 bridgehead atoms. The summed E-state index contributed by atoms with van der Waals surface area (Å²) in [6.07, 6.45) is -0.999. The Hall–Kier alpha value is -3.17. The minimum atomic E-state index is -1.35. The largest absolute Gasteiger partial charge is 0.398 e. The zero-order valence-corrected chi connectivity index (χ0v) is 21.7. The van der Waals surface area contributed by atoms with E-state index in [0.717, 1.165) is 5.56 Å². The monoisotopic (exact) mass is 546 g/mol. The Morgan fingerprint density at radius 1 is 1.27 bits per heavy atom. The van der Waals surface area contributed by atoms with Gasteiger partial charge in [-0.05, 0) is 30.7 Å². The third kappa shape index (κ3) is 6.59. The average Bonchev–Trinajstić information content (AvgIpc) is 3.50. The van der Waals surface area contributed by atoms with Crippen LogP contribution in [0.2, 0.25) is 5.02 Å². The summed E-state index contributed by atoms with van der Waals surface area (Å²) in [5, 5.41) is 8.83. The fraction of sp³-hybridized carbons (Fsp3) is 0.385. The van der Waals surface area contributed by atoms with Gasteiger partial charge in [0.1, 0.15) is 23.7 Å². The van der Waals surface area contributed by atoms with Crippen LogP contribution in [0.15, 0.2) is 48.5 Å². The molecule has 5 unspecified atom stereocenters. The lowest BCUT2D eigenvalue weighted by Gasteiger charge is -2.28. The van der Waals surface area contributed by atoms with Gasteiger partial charge < -0.3 is 26.0 Å². The zero-order valence-electron chi connectivity index (χ0n) is 20.2. The number of benzene rings is 2. The standard InChI is InChI=1S/C26H28ClFN4O4S/c1-15(30-23(33)17-7-8-20(29)19(27)11-17)25(35)32-13-18(28)12-22(32)24(34)31-21-9-10-37-26(21)36-14-16-5-3-2-4-6-16/h2-8,11,15,18,21-22,26H,9,12-14,29H2,1H3,(H,30,33)(H,31,34). The summed E-state index contributed by atoms with van der Waals surface area (Å²) in [6.45, 7) is 1.64. The number of nitrogens with one attached hydrogen (secondary N) is 2. The molecule has 5 atom stereocenters. The van der Waals surface area contributed by atoms with Crippen LogP contribution in [0.5, 0.6) is 0 Å². The number of nitrogen functional groups attached to an aromatic ring is 1. The van der Waals surface area contributed by atoms with E-state index in [1.807, 2.05) is 30.3 Å². The number of carbonyl (C=O) groups is 3. The Labute approximate surface area is 223 Å². The van der Waals surface area contributed by atoms with Gasteiger partial charge in [0.2, 0.25) is 11.8 Å². The van der Waals surface area contributed by atoms with Gasteiger partial charge in [-0.15, -0.1) is 11.2 Å². The molecule has 2 aromatic carbocycles. The van der Waals surface area contributed by atoms with Gasteiger partial charge in [-0.3, -0.25) is 14.4 Å². The summed E-state index contributed by atoms with van der Waals surface area (Å²) in [5.74, 6) is -1.54. The third-order valence-electron chi connectivity index (χ3n) is 6.23. The molecular weight excluding hydrogens is 519 g/mol. The molecule has 4 rings (SSSR count). The highest BCUT2D eigenvalue weighted by Crippen LogP contribution is 2.25. The Morgan fingerprint density at radius 3 is 2.76 bits per heavy atom. The van der Waals surface area contributed by atoms with E-state index in [4.69, 9.17) is 22.1 Å². The van der Waals surface area contributed by atoms with E-state index >= 15 is 0 Å². The summed E-state index contributed by atoms with van der Waals surface area (Å²) >= 11 is 7.35. The molecule has 2 aromatic rings. The minimum absolute atomic E-state index is 0.116. The van der Waals surface area contributed by atoms with Crippen molar-refractivity contribution in [1.82, 2.24) is 15.5 Å². The molecule has 1 fully saturated rings. The van der Waals surface area contributed by atoms with E-state index in [1.54, 1.807) is 0 Å². The maximum absolute atomic E-state index is 14.4. The van der Waals surface area contributed by atoms with Gasteiger partial charge in [-0.1, -0.05) is 47.1 Å². The Morgan fingerprint density at radius 2 is 2.03 bits per heavy atom. The molecule has 1 saturated heterocycles. The van der Waals surface area contributed by atoms with Gasteiger partial charge in [-0.2, -0.15) is 0 Å². The van der Waals surface area contributed by atoms with Crippen LogP contribution in [-0.4, -0.2) is 58.9 Å². The highest BCUT2D eigenvalue weighted by molar-refractivity contribution is 7.89. The van der Waals surface area contributed by atoms with Crippen LogP contribution in [0.1, 0.15) is 35.7 Å². The summed E-state index contributed by atoms with van der Waals surface area (Å²) in [6, 6.07) is 11.7. The lowest BCUT2D eigenvalue weighted by molar-refractivity contribution is -0.140. The highest BCUT2D eigenvalue weighted by atomic mass is 35.5. The van der Waals surface area contributed by atoms with Crippen molar-refractivity contribution < 1.29 is 23.5 Å². The van der Waals surface area contributed by atoms with Crippen LogP contribution >= 0.6 is 22.8 Å². The first-order valence-electron chi connectivity index (χ1n) is 11.9. The van der Waals surface area contributed by atoms with Gasteiger partial charge >= 0.3 is 0 Å². The fourth-order valence-electron chi connectivity index (χ4n) is 4.23. The summed E-state index contributed by atoms with van der Waals surface area (Å²) in [5.41, 5.74) is 6.89. The van der Waals surface area contributed by atoms with Crippen LogP contribution in [0.25, 0.3) is 0 Å². The van der Waals surface area contributed by atoms with Crippen molar-refractivity contribution in [3.05, 3.63) is 64.7 Å². The molecule has 2 aliphatic heterocycles. The number of anilines is 1. The van der Waals surface area contributed by atoms with Crippen LogP contribution < -0.4 is 16.4 Å². The number of halogens is 2. The van der Waals surface area contributed by atoms with Gasteiger partial charge in [0.25, 0.3) is 5.91 Å². The molecule has 0 aromatic heterocycles. The second-order valence-electron chi connectivity index (χ2n) is 9.02. The summed E-state index contributed by atoms with van der Waals surface area (Å²) < 4.78 is 20.4. The topological polar surface area (TPSA) is 114 Å². The van der Waals surface area contributed by atoms with Crippen molar-refractivity contribution >= 4 is 46.2 Å². The number of hydrogen-bond donors (Lipinski definition) is 3. The van der Waals surface area contributed by atoms with Gasteiger partial charge in [0.15, 0.2) is 0 Å². The molecule has 2 aliphatic rings. The van der Waals surface area contributed by atoms with Crippen molar-refractivity contribution in [2.45, 2.75) is 56.1 Å². The van der Waals surface area contributed by atoms with E-state index in [2.05, 4.69) is 15.8 Å². The first-order chi connectivity index (χ1) is 17.7. The third-order valence-corrected chi connectivity index (χ3v) is 7.59. The van der Waals surface area contributed by atoms with Gasteiger partial charge in [0.05, 0.1) is 29.9 Å². The quantitative estimate of drug-likeness (QED) is 0.440. The number of carbonyl (C=O) groups excluding carboxylic acids is 3. The van der Waals surface area contributed by atoms with Crippen LogP contribution in [0, 0.1) is 5.18 Å². The molecule has 196 valence electrons. The zero-order chi connectivity index (χ0) is 26.5. The number of ether oxygens (including phenoxy) is 1. The SMILES string of the molecule is CC(NC(=O)c1ccc(N)c(Cl)c1)C(=O)N1CC(F)CC1C(=O)NC1CC#SC1OCc1ccccc1. The molecule has 0 saturated carbocycles. The number of hydrogen-bond acceptors (Lipinski definition) is 5. The number of rotatable bonds is 8. The normalized spacial score (nSPS) is 23.4. The van der Waals surface area contributed by atoms with E-state index in [1.165, 1.54) is 41.2 Å². The molecule has 37 heavy (non-hydrogen) atoms. The van der Waals surface area contributed by atoms with Crippen molar-refractivity contribution in [1.29, 1.82) is 0 Å². The summed E-state index contributed by atoms with van der Waals surface area (Å²) in [4.78, 5) is 40.1. The van der Waals surface area contributed by atoms with Crippen LogP contribution in [0.4, 0.5) is 10.1 Å². The number of likely N-dealkylation sites (tertiary alicyclic amines) is 1. The Kier molecular flexibility index (Phi) is 8.66. The van der Waals surface area contributed by atoms with E-state index in [0.29, 0.717) is 18.7 Å². The molecular formula is C26H28ClFN4O4S. The minimum Gasteiger partial charge on any atom is -0.398 e. The van der Waals surface area contributed by atoms with Crippen molar-refractivity contribution in [2.75, 3.05) is 12.3 Å². The molecule has 8 nitrogen and oxygen atoms in total. The lowest BCUT2D eigenvalue weighted by atomic mass is 10.1. The first-order valence-corrected chi connectivity index (χ1v) is 13.1. The second-order valence-corrected chi connectivity index (χ2v) is 10.4. The number of nitrogens with two attached hydrogens (primary N) is 1. The van der Waals surface area contributed by atoms with E-state index in [-0.39, 0.29) is 35.0 Å². The maximum Gasteiger partial charge on any atom is 0.251 e. The molecule has 2 heterocycles. The van der Waals surface area contributed by atoms with Crippen LogP contribution in [0.3, 0.4) is 0 Å². The fourth-order valence-corrected chi connectivity index (χ4v) is 5.32. The van der Waals surface area contributed by atoms with E-state index < -0.39 is 36.0 Å². The Bertz CT molecular complexity index is 1240. The highest BCUT2D eigenvalue weighted by Gasteiger charge is 2.42. The average molecular weight is 547 g/mol. The Balaban J connectivity index is 1.35. The molecule has 4 N–H and O–H groups in total. The molecule has 0 aliphatic carbocycles. The maximum atomic E-state index is 14.4. The second kappa shape index (κ2) is 11.9. The lowest BCUT2D eigenvalue weighted by Crippen LogP contribution is -2.54. The van der Waals surface area contributed by atoms with Crippen molar-refractivity contribution in [3.8, 4) is 5.18 Å². The summed E-state index contributed by atoms with van der Waals surface area (Å²) in [7, 11) is 0. The van der Waals surface area contributed by atoms with Gasteiger partial charge in [-0.25, -0.2) is 4.39 Å². The molecule has 0 radical (unpaired) electrons. The number of nitrogens with zero attached hydrogens (tertiary/aromatic N) is 1. The number of alkyl halides is 1.